The summed E-state index contributed by atoms with van der Waals surface area (Å²) in [5.74, 6) is 0.619. The molecule has 0 spiro atoms. The smallest absolute Gasteiger partial charge is 0.182 e. The van der Waals surface area contributed by atoms with Crippen LogP contribution in [0.2, 0.25) is 5.15 Å². The van der Waals surface area contributed by atoms with Crippen LogP contribution < -0.4 is 0 Å². The molecule has 3 heterocycles. The molecular weight excluding hydrogens is 264 g/mol. The van der Waals surface area contributed by atoms with Crippen LogP contribution in [0.3, 0.4) is 0 Å². The third kappa shape index (κ3) is 1.84. The molecule has 0 bridgehead atoms. The third-order valence-electron chi connectivity index (χ3n) is 3.36. The number of fused-ring (bicyclic) bond motifs is 1. The first-order valence-corrected chi connectivity index (χ1v) is 6.49. The van der Waals surface area contributed by atoms with Crippen LogP contribution in [-0.2, 0) is 11.3 Å². The maximum absolute atomic E-state index is 6.06. The van der Waals surface area contributed by atoms with E-state index in [1.807, 2.05) is 12.1 Å². The summed E-state index contributed by atoms with van der Waals surface area (Å²) in [6.07, 6.45) is 3.75. The van der Waals surface area contributed by atoms with Gasteiger partial charge in [0.1, 0.15) is 0 Å². The van der Waals surface area contributed by atoms with Crippen LogP contribution in [-0.4, -0.2) is 22.3 Å². The van der Waals surface area contributed by atoms with Crippen molar-refractivity contribution in [1.29, 1.82) is 0 Å². The highest BCUT2D eigenvalue weighted by Crippen LogP contribution is 2.35. The van der Waals surface area contributed by atoms with E-state index in [0.717, 1.165) is 29.6 Å². The SMILES string of the molecule is Clc1ncoc1-c1cn(CC2CO2)c2ccccc12. The average Bonchev–Trinajstić information content (AvgIpc) is 3.03. The highest BCUT2D eigenvalue weighted by Gasteiger charge is 2.24. The van der Waals surface area contributed by atoms with E-state index in [-0.39, 0.29) is 0 Å². The Kier molecular flexibility index (Phi) is 2.40. The van der Waals surface area contributed by atoms with Gasteiger partial charge in [0, 0.05) is 22.7 Å². The molecule has 4 rings (SSSR count). The quantitative estimate of drug-likeness (QED) is 0.688. The van der Waals surface area contributed by atoms with Crippen molar-refractivity contribution in [2.45, 2.75) is 12.6 Å². The number of benzene rings is 1. The van der Waals surface area contributed by atoms with Gasteiger partial charge >= 0.3 is 0 Å². The maximum atomic E-state index is 6.06. The van der Waals surface area contributed by atoms with Crippen molar-refractivity contribution in [1.82, 2.24) is 9.55 Å². The lowest BCUT2D eigenvalue weighted by Gasteiger charge is -2.00. The van der Waals surface area contributed by atoms with Crippen molar-refractivity contribution in [2.75, 3.05) is 6.61 Å². The maximum Gasteiger partial charge on any atom is 0.182 e. The Morgan fingerprint density at radius 2 is 2.21 bits per heavy atom. The van der Waals surface area contributed by atoms with E-state index in [4.69, 9.17) is 20.8 Å². The molecule has 0 aliphatic carbocycles. The number of oxazole rings is 1. The second-order valence-electron chi connectivity index (χ2n) is 4.64. The van der Waals surface area contributed by atoms with Crippen LogP contribution in [0.25, 0.3) is 22.2 Å². The molecule has 0 radical (unpaired) electrons. The normalized spacial score (nSPS) is 18.1. The number of ether oxygens (including phenoxy) is 1. The van der Waals surface area contributed by atoms with Gasteiger partial charge in [-0.1, -0.05) is 29.8 Å². The van der Waals surface area contributed by atoms with Gasteiger partial charge in [-0.25, -0.2) is 4.98 Å². The Balaban J connectivity index is 1.92. The molecular formula is C14H11ClN2O2. The fourth-order valence-corrected chi connectivity index (χ4v) is 2.56. The molecule has 1 aliphatic heterocycles. The van der Waals surface area contributed by atoms with Crippen LogP contribution in [0.4, 0.5) is 0 Å². The summed E-state index contributed by atoms with van der Waals surface area (Å²) in [5, 5.41) is 1.51. The minimum absolute atomic E-state index is 0.328. The molecule has 2 aromatic heterocycles. The third-order valence-corrected chi connectivity index (χ3v) is 3.63. The van der Waals surface area contributed by atoms with E-state index in [2.05, 4.69) is 27.9 Å². The summed E-state index contributed by atoms with van der Waals surface area (Å²) in [6, 6.07) is 8.19. The van der Waals surface area contributed by atoms with Crippen molar-refractivity contribution >= 4 is 22.5 Å². The molecule has 96 valence electrons. The van der Waals surface area contributed by atoms with Gasteiger partial charge in [-0.3, -0.25) is 0 Å². The van der Waals surface area contributed by atoms with Gasteiger partial charge in [-0.05, 0) is 6.07 Å². The van der Waals surface area contributed by atoms with E-state index in [0.29, 0.717) is 17.0 Å². The van der Waals surface area contributed by atoms with Gasteiger partial charge < -0.3 is 13.7 Å². The van der Waals surface area contributed by atoms with E-state index in [1.54, 1.807) is 0 Å². The van der Waals surface area contributed by atoms with Crippen LogP contribution in [0.5, 0.6) is 0 Å². The molecule has 5 heteroatoms. The summed E-state index contributed by atoms with van der Waals surface area (Å²) in [6.45, 7) is 1.69. The Morgan fingerprint density at radius 1 is 1.37 bits per heavy atom. The minimum atomic E-state index is 0.328. The first-order chi connectivity index (χ1) is 9.33. The highest BCUT2D eigenvalue weighted by molar-refractivity contribution is 6.32. The number of para-hydroxylation sites is 1. The van der Waals surface area contributed by atoms with Crippen molar-refractivity contribution in [3.05, 3.63) is 42.0 Å². The Morgan fingerprint density at radius 3 is 2.95 bits per heavy atom. The predicted octanol–water partition coefficient (Wildman–Crippen LogP) is 3.35. The molecule has 0 N–H and O–H groups in total. The Hall–Kier alpha value is -1.78. The van der Waals surface area contributed by atoms with Crippen LogP contribution in [0.15, 0.2) is 41.3 Å². The number of epoxide rings is 1. The molecule has 1 aliphatic rings. The minimum Gasteiger partial charge on any atom is -0.442 e. The van der Waals surface area contributed by atoms with Gasteiger partial charge in [0.15, 0.2) is 17.3 Å². The highest BCUT2D eigenvalue weighted by atomic mass is 35.5. The summed E-state index contributed by atoms with van der Waals surface area (Å²) in [4.78, 5) is 3.95. The Bertz CT molecular complexity index is 743. The average molecular weight is 275 g/mol. The second-order valence-corrected chi connectivity index (χ2v) is 5.00. The standard InChI is InChI=1S/C14H11ClN2O2/c15-14-13(19-8-16-14)11-6-17(5-9-7-18-9)12-4-2-1-3-10(11)12/h1-4,6,8-9H,5,7H2. The van der Waals surface area contributed by atoms with Gasteiger partial charge in [0.25, 0.3) is 0 Å². The van der Waals surface area contributed by atoms with Gasteiger partial charge in [0.2, 0.25) is 0 Å². The van der Waals surface area contributed by atoms with Crippen molar-refractivity contribution < 1.29 is 9.15 Å². The number of nitrogens with zero attached hydrogens (tertiary/aromatic N) is 2. The van der Waals surface area contributed by atoms with Crippen molar-refractivity contribution in [3.63, 3.8) is 0 Å². The summed E-state index contributed by atoms with van der Waals surface area (Å²) in [5.41, 5.74) is 2.12. The zero-order chi connectivity index (χ0) is 12.8. The Labute approximate surface area is 114 Å². The van der Waals surface area contributed by atoms with Crippen molar-refractivity contribution in [2.24, 2.45) is 0 Å². The van der Waals surface area contributed by atoms with Crippen LogP contribution >= 0.6 is 11.6 Å². The number of hydrogen-bond acceptors (Lipinski definition) is 3. The molecule has 3 aromatic rings. The lowest BCUT2D eigenvalue weighted by molar-refractivity contribution is 0.385. The van der Waals surface area contributed by atoms with Gasteiger partial charge in [-0.2, -0.15) is 0 Å². The first-order valence-electron chi connectivity index (χ1n) is 6.12. The number of halogens is 1. The number of aromatic nitrogens is 2. The summed E-state index contributed by atoms with van der Waals surface area (Å²) < 4.78 is 12.9. The molecule has 0 amide bonds. The number of hydrogen-bond donors (Lipinski definition) is 0. The largest absolute Gasteiger partial charge is 0.442 e. The monoisotopic (exact) mass is 274 g/mol. The first kappa shape index (κ1) is 11.1. The molecule has 1 atom stereocenters. The van der Waals surface area contributed by atoms with E-state index < -0.39 is 0 Å². The fraction of sp³-hybridized carbons (Fsp3) is 0.214. The summed E-state index contributed by atoms with van der Waals surface area (Å²) >= 11 is 6.06. The topological polar surface area (TPSA) is 43.5 Å². The van der Waals surface area contributed by atoms with E-state index in [1.165, 1.54) is 6.39 Å². The van der Waals surface area contributed by atoms with Crippen LogP contribution in [0.1, 0.15) is 0 Å². The van der Waals surface area contributed by atoms with Crippen molar-refractivity contribution in [3.8, 4) is 11.3 Å². The zero-order valence-corrected chi connectivity index (χ0v) is 10.8. The molecule has 1 aromatic carbocycles. The number of rotatable bonds is 3. The lowest BCUT2D eigenvalue weighted by Crippen LogP contribution is -2.01. The molecule has 4 nitrogen and oxygen atoms in total. The predicted molar refractivity (Wildman–Crippen MR) is 72.2 cm³/mol. The fourth-order valence-electron chi connectivity index (χ4n) is 2.38. The molecule has 1 fully saturated rings. The van der Waals surface area contributed by atoms with E-state index >= 15 is 0 Å². The summed E-state index contributed by atoms with van der Waals surface area (Å²) in [7, 11) is 0. The second kappa shape index (κ2) is 4.11. The van der Waals surface area contributed by atoms with Crippen LogP contribution in [0, 0.1) is 0 Å². The van der Waals surface area contributed by atoms with Gasteiger partial charge in [0.05, 0.1) is 19.3 Å². The lowest BCUT2D eigenvalue weighted by atomic mass is 10.1. The van der Waals surface area contributed by atoms with E-state index in [9.17, 15) is 0 Å². The molecule has 0 saturated carbocycles. The molecule has 1 saturated heterocycles. The molecule has 1 unspecified atom stereocenters. The molecule has 19 heavy (non-hydrogen) atoms. The zero-order valence-electron chi connectivity index (χ0n) is 10.0. The van der Waals surface area contributed by atoms with Gasteiger partial charge in [-0.15, -0.1) is 0 Å².